The smallest absolute Gasteiger partial charge is 0.308 e. The third-order valence-electron chi connectivity index (χ3n) is 22.5. The fraction of sp³-hybridized carbons (Fsp3) is 0.267. The van der Waals surface area contributed by atoms with E-state index in [1.807, 2.05) is 141 Å². The van der Waals surface area contributed by atoms with Crippen LogP contribution in [-0.4, -0.2) is 113 Å². The molecule has 5 N–H and O–H groups in total. The van der Waals surface area contributed by atoms with E-state index in [-0.39, 0.29) is 122 Å². The number of aryl methyl sites for hydroxylation is 4. The van der Waals surface area contributed by atoms with Crippen molar-refractivity contribution in [2.24, 2.45) is 47.0 Å². The van der Waals surface area contributed by atoms with Crippen LogP contribution in [0, 0.1) is 39.0 Å². The summed E-state index contributed by atoms with van der Waals surface area (Å²) in [5.41, 5.74) is 9.66. The van der Waals surface area contributed by atoms with E-state index in [1.54, 1.807) is 91.1 Å². The summed E-state index contributed by atoms with van der Waals surface area (Å²) < 4.78 is 24.2. The van der Waals surface area contributed by atoms with Crippen molar-refractivity contribution < 1.29 is 57.3 Å². The zero-order valence-corrected chi connectivity index (χ0v) is 85.1. The summed E-state index contributed by atoms with van der Waals surface area (Å²) in [5.74, 6) is -2.42. The lowest BCUT2D eigenvalue weighted by atomic mass is 9.75. The first kappa shape index (κ1) is 106. The maximum absolute atomic E-state index is 14.1. The van der Waals surface area contributed by atoms with E-state index in [9.17, 15) is 38.4 Å². The number of hydrazine groups is 1. The number of hydrogen-bond donors (Lipinski definition) is 5. The van der Waals surface area contributed by atoms with Gasteiger partial charge < -0.3 is 40.2 Å². The van der Waals surface area contributed by atoms with Gasteiger partial charge in [-0.1, -0.05) is 248 Å². The standard InChI is InChI=1S/C35H31Cl3N6O5.C33H28Cl4N6O3.C33H38Cl3N5O4/c1-5-28(49-29-14-9-19(2)15-20(29)3)34(46)39-24-8-6-7-21(16-24)33(45)40-32-30(42-41-23-10-12-25(48-4)13-11-23)35(47)44(43-32)31-26(37)17-22(36)18-27(31)38;1-4-28(46-23-7-5-6-19(3)14-23)32(44)38-22-12-13-24(35)27(17-22)39-31-29(41-40-21-10-8-18(2)9-11-21)33(45)43(42-31)30-25(36)15-20(34)16-26(30)37;1-5-7-16-45-31(43)23(17-21(3)22-12-9-8-10-13-22)20-33(4,6-2)32(44)38-29-28(40-15-11-14-37-40)30(42)41(39-29)27-25(35)18-24(34)19-26(27)36/h6-18,28,30H,5H2,1-4H3,(H,39,46)(H,40,43,45);5-17,28-29H,4H2,1-3H3,(H,38,44)(H,39,42);8-15,18-19,21,23,28H,5-7,16-17,20H2,1-4H3,(H,38,39,44). The van der Waals surface area contributed by atoms with E-state index in [4.69, 9.17) is 135 Å². The Bertz CT molecular complexity index is 6510. The molecule has 1 fully saturated rings. The number of carbonyl (C=O) groups excluding carboxylic acids is 8. The van der Waals surface area contributed by atoms with Gasteiger partial charge in [-0.25, -0.2) is 10.0 Å². The Labute approximate surface area is 859 Å². The summed E-state index contributed by atoms with van der Waals surface area (Å²) in [6.45, 7) is 19.6. The van der Waals surface area contributed by atoms with Gasteiger partial charge in [0.15, 0.2) is 35.8 Å². The number of ether oxygens (including phenoxy) is 4. The molecular formula is C101H97Cl10N17O12. The molecule has 29 nitrogen and oxygen atoms in total. The summed E-state index contributed by atoms with van der Waals surface area (Å²) in [5, 5.41) is 46.2. The maximum atomic E-state index is 14.1. The Morgan fingerprint density at radius 2 is 1.09 bits per heavy atom. The van der Waals surface area contributed by atoms with Crippen LogP contribution in [0.3, 0.4) is 0 Å². The number of azo groups is 2. The fourth-order valence-corrected chi connectivity index (χ4v) is 17.8. The maximum Gasteiger partial charge on any atom is 0.308 e. The SMILES string of the molecule is CCC(Oc1ccc(C)cc1C)C(=O)Nc1cccc(C(=O)NC2=NN(c3c(Cl)cc(Cl)cc3Cl)C(=O)C2N=Nc2ccc(OC)cc2)c1.CCC(Oc1cccc(C)c1)C(=O)Nc1ccc(Cl)c(N=C2NN(c3c(Cl)cc(Cl)cc3Cl)C(=O)C2N=Nc2ccc(C)cc2)c1.CCCCOC(=O)C(CC(C)c1ccccc1)CC(C)(CC)C(=O)NC1=NN(c2c(Cl)cc(Cl)cc2Cl)C(=O)C1n1cccn1. The summed E-state index contributed by atoms with van der Waals surface area (Å²) in [4.78, 5) is 113. The van der Waals surface area contributed by atoms with Gasteiger partial charge in [-0.2, -0.15) is 35.6 Å². The number of nitrogens with zero attached hydrogens (tertiary/aromatic N) is 12. The molecule has 0 bridgehead atoms. The first-order valence-electron chi connectivity index (χ1n) is 44.3. The topological polar surface area (TPSA) is 348 Å². The van der Waals surface area contributed by atoms with Gasteiger partial charge in [0.2, 0.25) is 18.0 Å². The number of hydrazone groups is 2. The van der Waals surface area contributed by atoms with Crippen LogP contribution in [0.2, 0.25) is 50.2 Å². The zero-order chi connectivity index (χ0) is 101. The minimum absolute atomic E-state index is 0.0511. The van der Waals surface area contributed by atoms with E-state index in [0.717, 1.165) is 55.7 Å². The number of unbranched alkanes of at least 4 members (excludes halogenated alkanes) is 1. The van der Waals surface area contributed by atoms with Crippen molar-refractivity contribution in [2.75, 3.05) is 39.4 Å². The fourth-order valence-electron chi connectivity index (χ4n) is 14.7. The van der Waals surface area contributed by atoms with Crippen LogP contribution in [0.1, 0.15) is 137 Å². The van der Waals surface area contributed by atoms with Crippen LogP contribution in [0.5, 0.6) is 17.2 Å². The molecule has 0 radical (unpaired) electrons. The lowest BCUT2D eigenvalue weighted by Gasteiger charge is -2.32. The number of esters is 1. The predicted molar refractivity (Wildman–Crippen MR) is 553 cm³/mol. The molecule has 0 aliphatic carbocycles. The molecule has 7 amide bonds. The molecule has 0 saturated carbocycles. The second kappa shape index (κ2) is 49.1. The van der Waals surface area contributed by atoms with Gasteiger partial charge in [0.25, 0.3) is 35.4 Å². The highest BCUT2D eigenvalue weighted by Crippen LogP contribution is 2.45. The average molecular weight is 2100 g/mol. The molecular weight excluding hydrogens is 2000 g/mol. The van der Waals surface area contributed by atoms with Crippen molar-refractivity contribution in [1.29, 1.82) is 0 Å². The van der Waals surface area contributed by atoms with Gasteiger partial charge >= 0.3 is 5.97 Å². The second-order valence-corrected chi connectivity index (χ2v) is 37.2. The van der Waals surface area contributed by atoms with Gasteiger partial charge in [0.1, 0.15) is 34.3 Å². The molecule has 10 aromatic carbocycles. The van der Waals surface area contributed by atoms with Crippen LogP contribution < -0.4 is 55.9 Å². The molecule has 4 heterocycles. The molecule has 11 aromatic rings. The van der Waals surface area contributed by atoms with E-state index in [0.29, 0.717) is 82.3 Å². The van der Waals surface area contributed by atoms with Crippen LogP contribution in [-0.2, 0) is 38.3 Å². The van der Waals surface area contributed by atoms with Crippen molar-refractivity contribution in [3.8, 4) is 17.2 Å². The first-order chi connectivity index (χ1) is 67.0. The average Bonchev–Trinajstić information content (AvgIpc) is 1.62. The van der Waals surface area contributed by atoms with E-state index in [1.165, 1.54) is 60.5 Å². The van der Waals surface area contributed by atoms with Crippen molar-refractivity contribution >= 4 is 226 Å². The van der Waals surface area contributed by atoms with Crippen LogP contribution in [0.15, 0.2) is 254 Å². The molecule has 140 heavy (non-hydrogen) atoms. The number of hydrogen-bond acceptors (Lipinski definition) is 20. The van der Waals surface area contributed by atoms with Gasteiger partial charge in [-0.15, -0.1) is 10.2 Å². The lowest BCUT2D eigenvalue weighted by molar-refractivity contribution is -0.151. The highest BCUT2D eigenvalue weighted by atomic mass is 35.5. The molecule has 3 aliphatic rings. The second-order valence-electron chi connectivity index (χ2n) is 33.0. The van der Waals surface area contributed by atoms with E-state index >= 15 is 0 Å². The quantitative estimate of drug-likeness (QED) is 0.0149. The largest absolute Gasteiger partial charge is 0.497 e. The van der Waals surface area contributed by atoms with E-state index < -0.39 is 65.3 Å². The number of aliphatic imine (C=N–C) groups is 1. The molecule has 14 rings (SSSR count). The molecule has 3 aliphatic heterocycles. The molecule has 8 unspecified atom stereocenters. The number of benzene rings is 10. The molecule has 0 spiro atoms. The Kier molecular flexibility index (Phi) is 37.3. The van der Waals surface area contributed by atoms with Crippen molar-refractivity contribution in [3.05, 3.63) is 302 Å². The third kappa shape index (κ3) is 27.2. The van der Waals surface area contributed by atoms with Gasteiger partial charge in [0.05, 0.1) is 71.9 Å². The van der Waals surface area contributed by atoms with Crippen LogP contribution in [0.25, 0.3) is 0 Å². The third-order valence-corrected chi connectivity index (χ3v) is 25.2. The number of halogens is 10. The van der Waals surface area contributed by atoms with E-state index in [2.05, 4.69) is 74.4 Å². The summed E-state index contributed by atoms with van der Waals surface area (Å²) in [7, 11) is 1.54. The molecule has 39 heteroatoms. The minimum Gasteiger partial charge on any atom is -0.497 e. The normalized spacial score (nSPS) is 16.1. The van der Waals surface area contributed by atoms with Crippen molar-refractivity contribution in [1.82, 2.24) is 25.8 Å². The highest BCUT2D eigenvalue weighted by molar-refractivity contribution is 6.45. The Hall–Kier alpha value is -12.5. The number of amidine groups is 3. The Morgan fingerprint density at radius 3 is 1.66 bits per heavy atom. The van der Waals surface area contributed by atoms with Crippen LogP contribution >= 0.6 is 116 Å². The first-order valence-corrected chi connectivity index (χ1v) is 48.1. The summed E-state index contributed by atoms with van der Waals surface area (Å²) in [6.07, 6.45) is 5.30. The molecule has 1 aromatic heterocycles. The molecule has 1 saturated heterocycles. The lowest BCUT2D eigenvalue weighted by Crippen LogP contribution is -2.46. The number of anilines is 5. The highest BCUT2D eigenvalue weighted by Gasteiger charge is 2.47. The minimum atomic E-state index is -1.36. The predicted octanol–water partition coefficient (Wildman–Crippen LogP) is 25.6. The number of aromatic nitrogens is 2. The molecule has 728 valence electrons. The van der Waals surface area contributed by atoms with Gasteiger partial charge in [-0.05, 0) is 222 Å². The number of rotatable bonds is 32. The zero-order valence-electron chi connectivity index (χ0n) is 77.5. The van der Waals surface area contributed by atoms with Crippen LogP contribution in [0.4, 0.5) is 45.5 Å². The number of methoxy groups -OCH3 is 1. The number of carbonyl (C=O) groups is 8. The summed E-state index contributed by atoms with van der Waals surface area (Å²) in [6, 6.07) is 55.0. The van der Waals surface area contributed by atoms with Crippen molar-refractivity contribution in [3.63, 3.8) is 0 Å². The molecule has 8 atom stereocenters. The van der Waals surface area contributed by atoms with Crippen molar-refractivity contribution in [2.45, 2.75) is 150 Å². The Morgan fingerprint density at radius 1 is 0.529 bits per heavy atom. The van der Waals surface area contributed by atoms with Gasteiger partial charge in [-0.3, -0.25) is 48.5 Å². The number of amides is 7. The number of nitrogens with one attached hydrogen (secondary N) is 5. The monoisotopic (exact) mass is 2090 g/mol. The Balaban J connectivity index is 0.000000188. The van der Waals surface area contributed by atoms with Gasteiger partial charge in [0, 0.05) is 49.8 Å². The summed E-state index contributed by atoms with van der Waals surface area (Å²) >= 11 is 63.4.